The monoisotopic (exact) mass is 395 g/mol. The van der Waals surface area contributed by atoms with Crippen molar-refractivity contribution in [1.82, 2.24) is 14.9 Å². The van der Waals surface area contributed by atoms with Crippen LogP contribution in [0.1, 0.15) is 12.0 Å². The van der Waals surface area contributed by atoms with Crippen LogP contribution in [0.25, 0.3) is 11.3 Å². The van der Waals surface area contributed by atoms with Crippen LogP contribution in [-0.4, -0.2) is 42.1 Å². The first-order valence-corrected chi connectivity index (χ1v) is 9.80. The summed E-state index contributed by atoms with van der Waals surface area (Å²) in [6, 6.07) is 19.9. The first-order valence-electron chi connectivity index (χ1n) is 9.42. The van der Waals surface area contributed by atoms with Crippen molar-refractivity contribution in [1.29, 1.82) is 0 Å². The molecular formula is C22H26ClN5. The Labute approximate surface area is 171 Å². The molecule has 0 unspecified atom stereocenters. The predicted molar refractivity (Wildman–Crippen MR) is 118 cm³/mol. The quantitative estimate of drug-likeness (QED) is 0.511. The lowest BCUT2D eigenvalue weighted by Gasteiger charge is -2.13. The lowest BCUT2D eigenvalue weighted by Crippen LogP contribution is -2.17. The van der Waals surface area contributed by atoms with Crippen molar-refractivity contribution in [2.75, 3.05) is 37.8 Å². The molecule has 2 N–H and O–H groups in total. The van der Waals surface area contributed by atoms with E-state index in [2.05, 4.69) is 46.7 Å². The van der Waals surface area contributed by atoms with Gasteiger partial charge in [-0.25, -0.2) is 4.98 Å². The van der Waals surface area contributed by atoms with Crippen molar-refractivity contribution in [3.8, 4) is 11.3 Å². The van der Waals surface area contributed by atoms with Gasteiger partial charge in [0.25, 0.3) is 0 Å². The highest BCUT2D eigenvalue weighted by atomic mass is 35.5. The highest BCUT2D eigenvalue weighted by Crippen LogP contribution is 2.22. The second kappa shape index (κ2) is 10.1. The van der Waals surface area contributed by atoms with Crippen molar-refractivity contribution in [2.45, 2.75) is 13.0 Å². The normalized spacial score (nSPS) is 10.9. The molecule has 2 aromatic carbocycles. The van der Waals surface area contributed by atoms with Crippen molar-refractivity contribution in [2.24, 2.45) is 0 Å². The Morgan fingerprint density at radius 2 is 1.68 bits per heavy atom. The second-order valence-corrected chi connectivity index (χ2v) is 7.26. The molecule has 1 aromatic heterocycles. The molecule has 0 aliphatic rings. The third-order valence-corrected chi connectivity index (χ3v) is 4.65. The largest absolute Gasteiger partial charge is 0.366 e. The lowest BCUT2D eigenvalue weighted by molar-refractivity contribution is 0.405. The molecule has 0 saturated heterocycles. The zero-order valence-corrected chi connectivity index (χ0v) is 17.1. The summed E-state index contributed by atoms with van der Waals surface area (Å²) in [7, 11) is 4.15. The molecule has 146 valence electrons. The van der Waals surface area contributed by atoms with E-state index in [1.54, 1.807) is 0 Å². The van der Waals surface area contributed by atoms with E-state index in [-0.39, 0.29) is 0 Å². The first-order chi connectivity index (χ1) is 13.6. The van der Waals surface area contributed by atoms with Crippen molar-refractivity contribution < 1.29 is 0 Å². The fourth-order valence-electron chi connectivity index (χ4n) is 2.80. The number of hydrogen-bond acceptors (Lipinski definition) is 5. The Kier molecular flexibility index (Phi) is 7.23. The third-order valence-electron chi connectivity index (χ3n) is 4.28. The smallest absolute Gasteiger partial charge is 0.225 e. The van der Waals surface area contributed by atoms with E-state index in [1.807, 2.05) is 48.5 Å². The number of aromatic nitrogens is 2. The van der Waals surface area contributed by atoms with Gasteiger partial charge in [0.15, 0.2) is 0 Å². The van der Waals surface area contributed by atoms with Gasteiger partial charge in [-0.2, -0.15) is 4.98 Å². The van der Waals surface area contributed by atoms with Gasteiger partial charge in [0.05, 0.1) is 5.69 Å². The van der Waals surface area contributed by atoms with E-state index in [4.69, 9.17) is 16.6 Å². The molecule has 3 aromatic rings. The zero-order chi connectivity index (χ0) is 19.8. The van der Waals surface area contributed by atoms with Crippen molar-refractivity contribution in [3.63, 3.8) is 0 Å². The standard InChI is InChI=1S/C22H26ClN5/c1-28(2)14-8-13-24-22-26-20(17-9-4-3-5-10-17)15-21(27-22)25-16-18-11-6-7-12-19(18)23/h3-7,9-12,15H,8,13-14,16H2,1-2H3,(H2,24,25,26,27). The Morgan fingerprint density at radius 1 is 0.929 bits per heavy atom. The van der Waals surface area contributed by atoms with Gasteiger partial charge in [0, 0.05) is 29.7 Å². The number of nitrogens with zero attached hydrogens (tertiary/aromatic N) is 3. The van der Waals surface area contributed by atoms with Crippen LogP contribution in [0.3, 0.4) is 0 Å². The summed E-state index contributed by atoms with van der Waals surface area (Å²) in [6.45, 7) is 2.44. The maximum absolute atomic E-state index is 6.27. The molecule has 28 heavy (non-hydrogen) atoms. The van der Waals surface area contributed by atoms with Crippen molar-refractivity contribution in [3.05, 3.63) is 71.2 Å². The number of nitrogens with one attached hydrogen (secondary N) is 2. The van der Waals surface area contributed by atoms with Crippen LogP contribution in [0.15, 0.2) is 60.7 Å². The zero-order valence-electron chi connectivity index (χ0n) is 16.3. The Balaban J connectivity index is 1.77. The minimum Gasteiger partial charge on any atom is -0.366 e. The molecule has 6 heteroatoms. The molecule has 0 radical (unpaired) electrons. The predicted octanol–water partition coefficient (Wildman–Crippen LogP) is 4.77. The summed E-state index contributed by atoms with van der Waals surface area (Å²) in [6.07, 6.45) is 1.02. The molecule has 0 bridgehead atoms. The van der Waals surface area contributed by atoms with E-state index in [1.165, 1.54) is 0 Å². The highest BCUT2D eigenvalue weighted by Gasteiger charge is 2.08. The molecule has 0 spiro atoms. The topological polar surface area (TPSA) is 53.1 Å². The van der Waals surface area contributed by atoms with E-state index < -0.39 is 0 Å². The lowest BCUT2D eigenvalue weighted by atomic mass is 10.1. The van der Waals surface area contributed by atoms with Crippen LogP contribution in [-0.2, 0) is 6.54 Å². The molecule has 0 fully saturated rings. The molecular weight excluding hydrogens is 370 g/mol. The maximum atomic E-state index is 6.27. The Morgan fingerprint density at radius 3 is 2.43 bits per heavy atom. The van der Waals surface area contributed by atoms with E-state index >= 15 is 0 Å². The van der Waals surface area contributed by atoms with Crippen LogP contribution in [0.4, 0.5) is 11.8 Å². The summed E-state index contributed by atoms with van der Waals surface area (Å²) < 4.78 is 0. The van der Waals surface area contributed by atoms with Crippen LogP contribution in [0.2, 0.25) is 5.02 Å². The van der Waals surface area contributed by atoms with Crippen molar-refractivity contribution >= 4 is 23.4 Å². The molecule has 1 heterocycles. The first kappa shape index (κ1) is 20.1. The Bertz CT molecular complexity index is 883. The van der Waals surface area contributed by atoms with Gasteiger partial charge < -0.3 is 15.5 Å². The van der Waals surface area contributed by atoms with E-state index in [0.717, 1.165) is 47.2 Å². The molecule has 3 rings (SSSR count). The van der Waals surface area contributed by atoms with E-state index in [0.29, 0.717) is 12.5 Å². The van der Waals surface area contributed by atoms with Crippen LogP contribution in [0, 0.1) is 0 Å². The molecule has 0 atom stereocenters. The molecule has 0 saturated carbocycles. The molecule has 0 aliphatic carbocycles. The van der Waals surface area contributed by atoms with E-state index in [9.17, 15) is 0 Å². The highest BCUT2D eigenvalue weighted by molar-refractivity contribution is 6.31. The van der Waals surface area contributed by atoms with Gasteiger partial charge >= 0.3 is 0 Å². The average Bonchev–Trinajstić information content (AvgIpc) is 2.71. The number of benzene rings is 2. The Hall–Kier alpha value is -2.63. The fraction of sp³-hybridized carbons (Fsp3) is 0.273. The number of rotatable bonds is 9. The molecule has 0 aliphatic heterocycles. The van der Waals surface area contributed by atoms with Gasteiger partial charge in [-0.15, -0.1) is 0 Å². The minimum atomic E-state index is 0.602. The third kappa shape index (κ3) is 5.94. The minimum absolute atomic E-state index is 0.602. The molecule has 5 nitrogen and oxygen atoms in total. The SMILES string of the molecule is CN(C)CCCNc1nc(NCc2ccccc2Cl)cc(-c2ccccc2)n1. The van der Waals surface area contributed by atoms with Crippen LogP contribution >= 0.6 is 11.6 Å². The maximum Gasteiger partial charge on any atom is 0.225 e. The van der Waals surface area contributed by atoms with Gasteiger partial charge in [0.1, 0.15) is 5.82 Å². The average molecular weight is 396 g/mol. The second-order valence-electron chi connectivity index (χ2n) is 6.86. The summed E-state index contributed by atoms with van der Waals surface area (Å²) in [5, 5.41) is 7.47. The number of halogens is 1. The summed E-state index contributed by atoms with van der Waals surface area (Å²) >= 11 is 6.27. The summed E-state index contributed by atoms with van der Waals surface area (Å²) in [4.78, 5) is 11.5. The van der Waals surface area contributed by atoms with Crippen LogP contribution < -0.4 is 10.6 Å². The number of anilines is 2. The summed E-state index contributed by atoms with van der Waals surface area (Å²) in [5.41, 5.74) is 2.97. The molecule has 0 amide bonds. The number of hydrogen-bond donors (Lipinski definition) is 2. The van der Waals surface area contributed by atoms with Crippen LogP contribution in [0.5, 0.6) is 0 Å². The van der Waals surface area contributed by atoms with Gasteiger partial charge in [-0.05, 0) is 38.7 Å². The summed E-state index contributed by atoms with van der Waals surface area (Å²) in [5.74, 6) is 1.39. The van der Waals surface area contributed by atoms with Gasteiger partial charge in [0.2, 0.25) is 5.95 Å². The van der Waals surface area contributed by atoms with Gasteiger partial charge in [-0.1, -0.05) is 60.1 Å². The van der Waals surface area contributed by atoms with Gasteiger partial charge in [-0.3, -0.25) is 0 Å². The fourth-order valence-corrected chi connectivity index (χ4v) is 3.00.